The third kappa shape index (κ3) is 5.19. The van der Waals surface area contributed by atoms with Crippen LogP contribution in [0.4, 0.5) is 5.00 Å². The largest absolute Gasteiger partial charge is 0.462 e. The molecule has 0 unspecified atom stereocenters. The van der Waals surface area contributed by atoms with E-state index in [0.29, 0.717) is 28.2 Å². The number of carbonyl (C=O) groups is 2. The number of thiophene rings is 1. The van der Waals surface area contributed by atoms with Gasteiger partial charge in [0.25, 0.3) is 0 Å². The molecular weight excluding hydrogens is 500 g/mol. The van der Waals surface area contributed by atoms with E-state index in [-0.39, 0.29) is 17.6 Å². The number of hydrogen-bond acceptors (Lipinski definition) is 7. The molecule has 0 bridgehead atoms. The smallest absolute Gasteiger partial charge is 0.341 e. The van der Waals surface area contributed by atoms with Crippen LogP contribution in [0.3, 0.4) is 0 Å². The second kappa shape index (κ2) is 9.97. The molecule has 162 valence electrons. The summed E-state index contributed by atoms with van der Waals surface area (Å²) in [6.07, 6.45) is 3.93. The Balaban J connectivity index is 1.42. The van der Waals surface area contributed by atoms with Crippen LogP contribution >= 0.6 is 39.0 Å². The lowest BCUT2D eigenvalue weighted by atomic mass is 9.95. The predicted molar refractivity (Wildman–Crippen MR) is 126 cm³/mol. The number of nitrogens with zero attached hydrogens (tertiary/aromatic N) is 2. The number of amides is 1. The first-order chi connectivity index (χ1) is 15.0. The molecule has 4 rings (SSSR count). The normalized spacial score (nSPS) is 13.0. The summed E-state index contributed by atoms with van der Waals surface area (Å²) in [5.74, 6) is 0.218. The molecule has 0 saturated carbocycles. The van der Waals surface area contributed by atoms with Crippen molar-refractivity contribution in [2.75, 3.05) is 17.7 Å². The van der Waals surface area contributed by atoms with Crippen LogP contribution in [0, 0.1) is 0 Å². The lowest BCUT2D eigenvalue weighted by Crippen LogP contribution is -2.17. The van der Waals surface area contributed by atoms with E-state index >= 15 is 0 Å². The zero-order chi connectivity index (χ0) is 21.8. The van der Waals surface area contributed by atoms with Crippen molar-refractivity contribution < 1.29 is 14.3 Å². The zero-order valence-electron chi connectivity index (χ0n) is 16.9. The first kappa shape index (κ1) is 22.0. The molecule has 1 aliphatic rings. The lowest BCUT2D eigenvalue weighted by molar-refractivity contribution is -0.113. The van der Waals surface area contributed by atoms with Gasteiger partial charge in [0.2, 0.25) is 11.1 Å². The van der Waals surface area contributed by atoms with Crippen molar-refractivity contribution in [3.8, 4) is 11.4 Å². The number of benzene rings is 1. The molecule has 10 heteroatoms. The minimum Gasteiger partial charge on any atom is -0.462 e. The van der Waals surface area contributed by atoms with Crippen molar-refractivity contribution in [1.82, 2.24) is 15.2 Å². The van der Waals surface area contributed by atoms with Crippen LogP contribution in [0.1, 0.15) is 40.6 Å². The molecule has 0 saturated heterocycles. The molecule has 2 aromatic heterocycles. The molecule has 31 heavy (non-hydrogen) atoms. The number of aryl methyl sites for hydroxylation is 1. The number of ether oxygens (including phenoxy) is 1. The number of aromatic amines is 1. The Morgan fingerprint density at radius 2 is 2.03 bits per heavy atom. The highest BCUT2D eigenvalue weighted by Crippen LogP contribution is 2.38. The SMILES string of the molecule is CCOC(=O)c1c(NC(=O)CSc2n[nH]c(-c3ccc(Br)cc3)n2)sc2c1CCCC2. The minimum absolute atomic E-state index is 0.141. The van der Waals surface area contributed by atoms with Gasteiger partial charge in [-0.3, -0.25) is 9.89 Å². The van der Waals surface area contributed by atoms with E-state index in [4.69, 9.17) is 4.74 Å². The van der Waals surface area contributed by atoms with Crippen molar-refractivity contribution >= 4 is 55.9 Å². The van der Waals surface area contributed by atoms with Crippen LogP contribution in [0.5, 0.6) is 0 Å². The van der Waals surface area contributed by atoms with Crippen LogP contribution in [0.15, 0.2) is 33.9 Å². The van der Waals surface area contributed by atoms with Crippen LogP contribution in [0.2, 0.25) is 0 Å². The van der Waals surface area contributed by atoms with Crippen molar-refractivity contribution in [3.05, 3.63) is 44.7 Å². The van der Waals surface area contributed by atoms with Crippen molar-refractivity contribution in [3.63, 3.8) is 0 Å². The molecular formula is C21H21BrN4O3S2. The van der Waals surface area contributed by atoms with E-state index in [1.54, 1.807) is 6.92 Å². The molecule has 0 atom stereocenters. The molecule has 1 aromatic carbocycles. The Bertz CT molecular complexity index is 1090. The highest BCUT2D eigenvalue weighted by atomic mass is 79.9. The summed E-state index contributed by atoms with van der Waals surface area (Å²) in [6.45, 7) is 2.09. The van der Waals surface area contributed by atoms with Gasteiger partial charge in [-0.2, -0.15) is 0 Å². The average molecular weight is 521 g/mol. The second-order valence-corrected chi connectivity index (χ2v) is 9.91. The number of halogens is 1. The third-order valence-electron chi connectivity index (χ3n) is 4.82. The molecule has 0 spiro atoms. The highest BCUT2D eigenvalue weighted by molar-refractivity contribution is 9.10. The van der Waals surface area contributed by atoms with Gasteiger partial charge < -0.3 is 10.1 Å². The molecule has 0 aliphatic heterocycles. The summed E-state index contributed by atoms with van der Waals surface area (Å²) in [7, 11) is 0. The van der Waals surface area contributed by atoms with E-state index in [2.05, 4.69) is 36.4 Å². The standard InChI is InChI=1S/C21H21BrN4O3S2/c1-2-29-20(28)17-14-5-3-4-6-15(14)31-19(17)23-16(27)11-30-21-24-18(25-26-21)12-7-9-13(22)10-8-12/h7-10H,2-6,11H2,1H3,(H,23,27)(H,24,25,26). The maximum absolute atomic E-state index is 12.6. The summed E-state index contributed by atoms with van der Waals surface area (Å²) < 4.78 is 6.23. The first-order valence-corrected chi connectivity index (χ1v) is 12.6. The Labute approximate surface area is 196 Å². The van der Waals surface area contributed by atoms with Gasteiger partial charge in [0.15, 0.2) is 5.82 Å². The molecule has 2 heterocycles. The molecule has 1 amide bonds. The van der Waals surface area contributed by atoms with Crippen LogP contribution in [-0.4, -0.2) is 39.4 Å². The van der Waals surface area contributed by atoms with E-state index in [1.165, 1.54) is 28.0 Å². The number of fused-ring (bicyclic) bond motifs is 1. The number of rotatable bonds is 7. The van der Waals surface area contributed by atoms with Gasteiger partial charge in [0.1, 0.15) is 5.00 Å². The quantitative estimate of drug-likeness (QED) is 0.333. The number of anilines is 1. The molecule has 0 fully saturated rings. The first-order valence-electron chi connectivity index (χ1n) is 9.97. The topological polar surface area (TPSA) is 97.0 Å². The summed E-state index contributed by atoms with van der Waals surface area (Å²) in [6, 6.07) is 7.72. The summed E-state index contributed by atoms with van der Waals surface area (Å²) >= 11 is 6.13. The summed E-state index contributed by atoms with van der Waals surface area (Å²) in [5.41, 5.74) is 2.47. The second-order valence-electron chi connectivity index (χ2n) is 6.95. The fraction of sp³-hybridized carbons (Fsp3) is 0.333. The maximum Gasteiger partial charge on any atom is 0.341 e. The Hall–Kier alpha value is -2.17. The van der Waals surface area contributed by atoms with Crippen LogP contribution < -0.4 is 5.32 Å². The number of nitrogens with one attached hydrogen (secondary N) is 2. The van der Waals surface area contributed by atoms with E-state index in [9.17, 15) is 9.59 Å². The Morgan fingerprint density at radius 3 is 2.81 bits per heavy atom. The van der Waals surface area contributed by atoms with Gasteiger partial charge in [-0.25, -0.2) is 9.78 Å². The molecule has 7 nitrogen and oxygen atoms in total. The van der Waals surface area contributed by atoms with Crippen molar-refractivity contribution in [1.29, 1.82) is 0 Å². The zero-order valence-corrected chi connectivity index (χ0v) is 20.1. The number of carbonyl (C=O) groups excluding carboxylic acids is 2. The highest BCUT2D eigenvalue weighted by Gasteiger charge is 2.27. The number of esters is 1. The lowest BCUT2D eigenvalue weighted by Gasteiger charge is -2.12. The number of H-pyrrole nitrogens is 1. The average Bonchev–Trinajstić information content (AvgIpc) is 3.37. The number of aromatic nitrogens is 3. The van der Waals surface area contributed by atoms with E-state index in [1.807, 2.05) is 24.3 Å². The number of thioether (sulfide) groups is 1. The monoisotopic (exact) mass is 520 g/mol. The fourth-order valence-electron chi connectivity index (χ4n) is 3.41. The predicted octanol–water partition coefficient (Wildman–Crippen LogP) is 5.08. The summed E-state index contributed by atoms with van der Waals surface area (Å²) in [5, 5.41) is 11.1. The molecule has 0 radical (unpaired) electrons. The molecule has 3 aromatic rings. The van der Waals surface area contributed by atoms with E-state index in [0.717, 1.165) is 41.3 Å². The summed E-state index contributed by atoms with van der Waals surface area (Å²) in [4.78, 5) is 30.7. The van der Waals surface area contributed by atoms with Crippen molar-refractivity contribution in [2.24, 2.45) is 0 Å². The Kier molecular flexibility index (Phi) is 7.09. The van der Waals surface area contributed by atoms with Crippen LogP contribution in [0.25, 0.3) is 11.4 Å². The van der Waals surface area contributed by atoms with Gasteiger partial charge in [-0.1, -0.05) is 39.8 Å². The third-order valence-corrected chi connectivity index (χ3v) is 7.40. The van der Waals surface area contributed by atoms with Gasteiger partial charge >= 0.3 is 5.97 Å². The van der Waals surface area contributed by atoms with Crippen LogP contribution in [-0.2, 0) is 22.4 Å². The molecule has 2 N–H and O–H groups in total. The Morgan fingerprint density at radius 1 is 1.26 bits per heavy atom. The van der Waals surface area contributed by atoms with Crippen molar-refractivity contribution in [2.45, 2.75) is 37.8 Å². The van der Waals surface area contributed by atoms with Gasteiger partial charge in [0, 0.05) is 14.9 Å². The minimum atomic E-state index is -0.363. The van der Waals surface area contributed by atoms with Gasteiger partial charge in [-0.05, 0) is 50.3 Å². The fourth-order valence-corrected chi connectivity index (χ4v) is 5.57. The van der Waals surface area contributed by atoms with E-state index < -0.39 is 0 Å². The van der Waals surface area contributed by atoms with Gasteiger partial charge in [0.05, 0.1) is 17.9 Å². The number of hydrogen-bond donors (Lipinski definition) is 2. The molecule has 1 aliphatic carbocycles. The van der Waals surface area contributed by atoms with Gasteiger partial charge in [-0.15, -0.1) is 16.4 Å². The maximum atomic E-state index is 12.6.